The van der Waals surface area contributed by atoms with Crippen LogP contribution in [-0.2, 0) is 38.4 Å². The van der Waals surface area contributed by atoms with E-state index in [2.05, 4.69) is 5.32 Å². The summed E-state index contributed by atoms with van der Waals surface area (Å²) in [6.45, 7) is 7.75. The average molecular weight is 513 g/mol. The van der Waals surface area contributed by atoms with Gasteiger partial charge in [-0.3, -0.25) is 4.79 Å². The lowest BCUT2D eigenvalue weighted by molar-refractivity contribution is -0.143. The largest absolute Gasteiger partial charge is 0.496 e. The summed E-state index contributed by atoms with van der Waals surface area (Å²) in [5.41, 5.74) is 3.80. The van der Waals surface area contributed by atoms with E-state index in [1.807, 2.05) is 30.3 Å². The second kappa shape index (κ2) is 11.5. The molecule has 1 heterocycles. The van der Waals surface area contributed by atoms with Crippen LogP contribution >= 0.6 is 0 Å². The van der Waals surface area contributed by atoms with Gasteiger partial charge in [0.15, 0.2) is 0 Å². The summed E-state index contributed by atoms with van der Waals surface area (Å²) < 4.78 is 21.6. The molecule has 1 atom stereocenters. The highest BCUT2D eigenvalue weighted by Gasteiger charge is 2.30. The molecule has 3 rings (SSSR count). The molecule has 2 aromatic rings. The van der Waals surface area contributed by atoms with E-state index in [0.717, 1.165) is 27.8 Å². The summed E-state index contributed by atoms with van der Waals surface area (Å²) in [7, 11) is 4.48. The van der Waals surface area contributed by atoms with Gasteiger partial charge in [-0.15, -0.1) is 0 Å². The van der Waals surface area contributed by atoms with Crippen molar-refractivity contribution in [3.8, 4) is 22.6 Å². The topological polar surface area (TPSA) is 103 Å². The Balaban J connectivity index is 2.09. The van der Waals surface area contributed by atoms with Crippen LogP contribution in [-0.4, -0.2) is 62.4 Å². The summed E-state index contributed by atoms with van der Waals surface area (Å²) in [6.07, 6.45) is 0.1000. The molecule has 9 heteroatoms. The molecule has 1 N–H and O–H groups in total. The number of alkyl carbamates (subject to hydrolysis) is 1. The zero-order chi connectivity index (χ0) is 27.3. The lowest BCUT2D eigenvalue weighted by Crippen LogP contribution is -2.45. The first kappa shape index (κ1) is 27.8. The molecule has 1 aliphatic heterocycles. The van der Waals surface area contributed by atoms with Crippen molar-refractivity contribution in [2.45, 2.75) is 58.7 Å². The Morgan fingerprint density at radius 3 is 2.19 bits per heavy atom. The van der Waals surface area contributed by atoms with Crippen LogP contribution in [0.1, 0.15) is 44.4 Å². The molecular formula is C28H36N2O7. The van der Waals surface area contributed by atoms with Crippen molar-refractivity contribution >= 4 is 18.0 Å². The smallest absolute Gasteiger partial charge is 0.408 e. The number of amides is 2. The summed E-state index contributed by atoms with van der Waals surface area (Å²) in [5.74, 6) is 0.700. The quantitative estimate of drug-likeness (QED) is 0.562. The van der Waals surface area contributed by atoms with E-state index < -0.39 is 23.7 Å². The molecule has 9 nitrogen and oxygen atoms in total. The highest BCUT2D eigenvalue weighted by molar-refractivity contribution is 5.83. The van der Waals surface area contributed by atoms with E-state index in [4.69, 9.17) is 18.9 Å². The molecule has 0 radical (unpaired) electrons. The minimum Gasteiger partial charge on any atom is -0.496 e. The fourth-order valence-corrected chi connectivity index (χ4v) is 4.57. The molecular weight excluding hydrogens is 476 g/mol. The van der Waals surface area contributed by atoms with Crippen molar-refractivity contribution in [2.24, 2.45) is 0 Å². The summed E-state index contributed by atoms with van der Waals surface area (Å²) in [6, 6.07) is 8.52. The molecule has 0 bridgehead atoms. The first-order chi connectivity index (χ1) is 17.5. The predicted octanol–water partition coefficient (Wildman–Crippen LogP) is 3.88. The third kappa shape index (κ3) is 6.53. The van der Waals surface area contributed by atoms with Crippen LogP contribution in [0.15, 0.2) is 30.3 Å². The van der Waals surface area contributed by atoms with Gasteiger partial charge in [-0.2, -0.15) is 0 Å². The molecule has 0 aromatic heterocycles. The van der Waals surface area contributed by atoms with Gasteiger partial charge in [-0.1, -0.05) is 18.2 Å². The van der Waals surface area contributed by atoms with E-state index >= 15 is 0 Å². The monoisotopic (exact) mass is 512 g/mol. The van der Waals surface area contributed by atoms with Crippen molar-refractivity contribution in [1.82, 2.24) is 10.2 Å². The van der Waals surface area contributed by atoms with Crippen molar-refractivity contribution in [2.75, 3.05) is 27.9 Å². The number of nitrogens with zero attached hydrogens (tertiary/aromatic N) is 1. The number of nitrogens with one attached hydrogen (secondary N) is 1. The van der Waals surface area contributed by atoms with Crippen LogP contribution in [0.5, 0.6) is 11.5 Å². The Bertz CT molecular complexity index is 1150. The Hall–Kier alpha value is -3.75. The van der Waals surface area contributed by atoms with Crippen molar-refractivity contribution in [3.05, 3.63) is 47.0 Å². The van der Waals surface area contributed by atoms with Gasteiger partial charge in [-0.05, 0) is 61.6 Å². The molecule has 0 saturated carbocycles. The van der Waals surface area contributed by atoms with Gasteiger partial charge >= 0.3 is 12.1 Å². The minimum atomic E-state index is -0.943. The minimum absolute atomic E-state index is 0.0203. The first-order valence-electron chi connectivity index (χ1n) is 12.2. The summed E-state index contributed by atoms with van der Waals surface area (Å²) in [4.78, 5) is 39.1. The zero-order valence-electron chi connectivity index (χ0n) is 22.6. The normalized spacial score (nSPS) is 13.8. The molecule has 37 heavy (non-hydrogen) atoms. The van der Waals surface area contributed by atoms with Crippen LogP contribution in [0, 0.1) is 0 Å². The molecule has 0 spiro atoms. The van der Waals surface area contributed by atoms with Gasteiger partial charge in [0.05, 0.1) is 26.9 Å². The number of hydrogen-bond donors (Lipinski definition) is 1. The Morgan fingerprint density at radius 1 is 1.00 bits per heavy atom. The fraction of sp³-hybridized carbons (Fsp3) is 0.464. The number of carbonyl (C=O) groups is 3. The lowest BCUT2D eigenvalue weighted by atomic mass is 9.85. The maximum atomic E-state index is 12.6. The molecule has 1 aliphatic rings. The molecule has 0 saturated heterocycles. The van der Waals surface area contributed by atoms with E-state index in [9.17, 15) is 14.4 Å². The number of carbonyl (C=O) groups excluding carboxylic acids is 3. The Labute approximate surface area is 218 Å². The number of hydrogen-bond acceptors (Lipinski definition) is 7. The zero-order valence-corrected chi connectivity index (χ0v) is 22.6. The van der Waals surface area contributed by atoms with Gasteiger partial charge in [-0.25, -0.2) is 9.59 Å². The van der Waals surface area contributed by atoms with E-state index in [1.165, 1.54) is 7.11 Å². The van der Waals surface area contributed by atoms with E-state index in [1.54, 1.807) is 46.8 Å². The molecule has 0 fully saturated rings. The van der Waals surface area contributed by atoms with Gasteiger partial charge in [0, 0.05) is 26.4 Å². The third-order valence-electron chi connectivity index (χ3n) is 6.25. The van der Waals surface area contributed by atoms with Gasteiger partial charge in [0.25, 0.3) is 0 Å². The van der Waals surface area contributed by atoms with Crippen molar-refractivity contribution < 1.29 is 33.3 Å². The fourth-order valence-electron chi connectivity index (χ4n) is 4.57. The Morgan fingerprint density at radius 2 is 1.65 bits per heavy atom. The molecule has 2 aromatic carbocycles. The number of fused-ring (bicyclic) bond motifs is 1. The maximum Gasteiger partial charge on any atom is 0.408 e. The van der Waals surface area contributed by atoms with E-state index in [-0.39, 0.29) is 12.3 Å². The van der Waals surface area contributed by atoms with Crippen LogP contribution in [0.4, 0.5) is 4.79 Å². The SMILES string of the molecule is COC(=O)C(Cc1ccc(-c2c(OC)cccc2OC)c2c1CCN(C(C)=O)C2)NC(=O)OC(C)(C)C. The number of benzene rings is 2. The van der Waals surface area contributed by atoms with Gasteiger partial charge in [0.1, 0.15) is 23.1 Å². The third-order valence-corrected chi connectivity index (χ3v) is 6.25. The maximum absolute atomic E-state index is 12.6. The highest BCUT2D eigenvalue weighted by Crippen LogP contribution is 2.43. The Kier molecular flexibility index (Phi) is 8.68. The van der Waals surface area contributed by atoms with Crippen LogP contribution < -0.4 is 14.8 Å². The standard InChI is InChI=1S/C28H36N2O7/c1-17(31)30-14-13-19-18(15-22(26(32)36-7)29-27(33)37-28(2,3)4)11-12-20(21(19)16-30)25-23(34-5)9-8-10-24(25)35-6/h8-12,22H,13-16H2,1-7H3,(H,29,33). The second-order valence-electron chi connectivity index (χ2n) is 9.88. The van der Waals surface area contributed by atoms with Gasteiger partial charge < -0.3 is 29.2 Å². The number of methoxy groups -OCH3 is 3. The van der Waals surface area contributed by atoms with Crippen molar-refractivity contribution in [1.29, 1.82) is 0 Å². The average Bonchev–Trinajstić information content (AvgIpc) is 2.85. The highest BCUT2D eigenvalue weighted by atomic mass is 16.6. The number of ether oxygens (including phenoxy) is 4. The first-order valence-corrected chi connectivity index (χ1v) is 12.2. The molecule has 200 valence electrons. The van der Waals surface area contributed by atoms with Crippen LogP contribution in [0.25, 0.3) is 11.1 Å². The molecule has 2 amide bonds. The predicted molar refractivity (Wildman–Crippen MR) is 139 cm³/mol. The summed E-state index contributed by atoms with van der Waals surface area (Å²) in [5, 5.41) is 2.65. The van der Waals surface area contributed by atoms with Crippen LogP contribution in [0.3, 0.4) is 0 Å². The number of rotatable bonds is 7. The molecule has 0 aliphatic carbocycles. The lowest BCUT2D eigenvalue weighted by Gasteiger charge is -2.32. The second-order valence-corrected chi connectivity index (χ2v) is 9.88. The summed E-state index contributed by atoms with van der Waals surface area (Å²) >= 11 is 0. The van der Waals surface area contributed by atoms with Gasteiger partial charge in [0.2, 0.25) is 5.91 Å². The van der Waals surface area contributed by atoms with E-state index in [0.29, 0.717) is 31.0 Å². The van der Waals surface area contributed by atoms with Crippen LogP contribution in [0.2, 0.25) is 0 Å². The molecule has 1 unspecified atom stereocenters. The number of esters is 1. The van der Waals surface area contributed by atoms with Crippen molar-refractivity contribution in [3.63, 3.8) is 0 Å².